The molecule has 0 bridgehead atoms. The number of aromatic nitrogens is 2. The van der Waals surface area contributed by atoms with Gasteiger partial charge in [0.1, 0.15) is 5.60 Å². The van der Waals surface area contributed by atoms with E-state index in [2.05, 4.69) is 15.5 Å². The maximum Gasteiger partial charge on any atom is 0.232 e. The smallest absolute Gasteiger partial charge is 0.232 e. The highest BCUT2D eigenvalue weighted by molar-refractivity contribution is 7.99. The van der Waals surface area contributed by atoms with E-state index in [0.29, 0.717) is 17.8 Å². The summed E-state index contributed by atoms with van der Waals surface area (Å²) < 4.78 is 10.7. The number of hydrogen-bond donors (Lipinski definition) is 1. The number of likely N-dealkylation sites (N-methyl/N-ethyl adjacent to an activating group) is 1. The van der Waals surface area contributed by atoms with Crippen LogP contribution in [0.5, 0.6) is 0 Å². The molecule has 5 nitrogen and oxygen atoms in total. The van der Waals surface area contributed by atoms with E-state index >= 15 is 0 Å². The molecule has 0 spiro atoms. The van der Waals surface area contributed by atoms with Crippen LogP contribution in [0, 0.1) is 0 Å². The van der Waals surface area contributed by atoms with Crippen LogP contribution >= 0.6 is 11.8 Å². The van der Waals surface area contributed by atoms with Gasteiger partial charge < -0.3 is 14.6 Å². The Bertz CT molecular complexity index is 381. The highest BCUT2D eigenvalue weighted by Crippen LogP contribution is 2.33. The lowest BCUT2D eigenvalue weighted by Crippen LogP contribution is -2.31. The molecule has 6 heteroatoms. The van der Waals surface area contributed by atoms with Crippen molar-refractivity contribution in [3.05, 3.63) is 11.7 Å². The molecule has 2 unspecified atom stereocenters. The molecule has 2 atom stereocenters. The van der Waals surface area contributed by atoms with Crippen LogP contribution in [0.4, 0.5) is 0 Å². The molecule has 1 aromatic rings. The van der Waals surface area contributed by atoms with Gasteiger partial charge in [0.25, 0.3) is 0 Å². The van der Waals surface area contributed by atoms with E-state index in [0.717, 1.165) is 17.4 Å². The molecule has 17 heavy (non-hydrogen) atoms. The summed E-state index contributed by atoms with van der Waals surface area (Å²) in [4.78, 5) is 4.48. The topological polar surface area (TPSA) is 60.2 Å². The summed E-state index contributed by atoms with van der Waals surface area (Å²) in [6.45, 7) is 3.86. The van der Waals surface area contributed by atoms with Gasteiger partial charge in [-0.15, -0.1) is 0 Å². The zero-order chi connectivity index (χ0) is 12.5. The number of hydrogen-bond acceptors (Lipinski definition) is 6. The third-order valence-electron chi connectivity index (χ3n) is 3.26. The third-order valence-corrected chi connectivity index (χ3v) is 4.45. The Morgan fingerprint density at radius 1 is 1.47 bits per heavy atom. The number of rotatable bonds is 4. The fraction of sp³-hybridized carbons (Fsp3) is 0.818. The van der Waals surface area contributed by atoms with Crippen molar-refractivity contribution in [3.63, 3.8) is 0 Å². The standard InChI is InChI=1S/C11H19N3O2S/c1-11(2,15-4)10-13-9(16-14-10)7-5-17-6-8(7)12-3/h7-8,12H,5-6H2,1-4H3. The first-order chi connectivity index (χ1) is 8.08. The SMILES string of the molecule is CNC1CSCC1c1nc(C(C)(C)OC)no1. The minimum absolute atomic E-state index is 0.305. The van der Waals surface area contributed by atoms with Gasteiger partial charge in [0.15, 0.2) is 0 Å². The molecular weight excluding hydrogens is 238 g/mol. The fourth-order valence-corrected chi connectivity index (χ4v) is 3.22. The van der Waals surface area contributed by atoms with Crippen LogP contribution in [0.15, 0.2) is 4.52 Å². The van der Waals surface area contributed by atoms with Crippen molar-refractivity contribution < 1.29 is 9.26 Å². The number of nitrogens with one attached hydrogen (secondary N) is 1. The summed E-state index contributed by atoms with van der Waals surface area (Å²) in [5.74, 6) is 3.75. The monoisotopic (exact) mass is 257 g/mol. The van der Waals surface area contributed by atoms with Crippen molar-refractivity contribution >= 4 is 11.8 Å². The fourth-order valence-electron chi connectivity index (χ4n) is 1.80. The van der Waals surface area contributed by atoms with Crippen LogP contribution in [0.2, 0.25) is 0 Å². The second kappa shape index (κ2) is 4.96. The van der Waals surface area contributed by atoms with Crippen LogP contribution in [-0.4, -0.2) is 41.8 Å². The summed E-state index contributed by atoms with van der Waals surface area (Å²) in [7, 11) is 3.62. The molecule has 0 radical (unpaired) electrons. The molecule has 1 saturated heterocycles. The van der Waals surface area contributed by atoms with E-state index in [-0.39, 0.29) is 0 Å². The van der Waals surface area contributed by atoms with Crippen LogP contribution < -0.4 is 5.32 Å². The van der Waals surface area contributed by atoms with Gasteiger partial charge in [-0.25, -0.2) is 0 Å². The summed E-state index contributed by atoms with van der Waals surface area (Å²) in [6.07, 6.45) is 0. The van der Waals surface area contributed by atoms with Crippen molar-refractivity contribution in [1.82, 2.24) is 15.5 Å². The van der Waals surface area contributed by atoms with E-state index in [1.54, 1.807) is 7.11 Å². The molecule has 2 rings (SSSR count). The molecule has 1 aliphatic heterocycles. The Labute approximate surface area is 106 Å². The first kappa shape index (κ1) is 12.9. The molecule has 1 aliphatic rings. The number of thioether (sulfide) groups is 1. The van der Waals surface area contributed by atoms with E-state index in [1.165, 1.54) is 0 Å². The van der Waals surface area contributed by atoms with E-state index in [1.807, 2.05) is 32.7 Å². The quantitative estimate of drug-likeness (QED) is 0.879. The minimum Gasteiger partial charge on any atom is -0.371 e. The number of ether oxygens (including phenoxy) is 1. The van der Waals surface area contributed by atoms with Crippen LogP contribution in [0.25, 0.3) is 0 Å². The van der Waals surface area contributed by atoms with Crippen molar-refractivity contribution in [2.24, 2.45) is 0 Å². The Kier molecular flexibility index (Phi) is 3.75. The molecule has 1 aromatic heterocycles. The van der Waals surface area contributed by atoms with E-state index < -0.39 is 5.60 Å². The van der Waals surface area contributed by atoms with Gasteiger partial charge in [-0.2, -0.15) is 16.7 Å². The lowest BCUT2D eigenvalue weighted by molar-refractivity contribution is 0.00973. The van der Waals surface area contributed by atoms with Gasteiger partial charge in [-0.05, 0) is 20.9 Å². The maximum absolute atomic E-state index is 5.37. The Morgan fingerprint density at radius 3 is 2.88 bits per heavy atom. The summed E-state index contributed by atoms with van der Waals surface area (Å²) >= 11 is 1.91. The first-order valence-electron chi connectivity index (χ1n) is 5.72. The molecule has 2 heterocycles. The van der Waals surface area contributed by atoms with Crippen molar-refractivity contribution in [1.29, 1.82) is 0 Å². The predicted molar refractivity (Wildman–Crippen MR) is 67.2 cm³/mol. The zero-order valence-corrected chi connectivity index (χ0v) is 11.5. The highest BCUT2D eigenvalue weighted by atomic mass is 32.2. The molecule has 0 aliphatic carbocycles. The second-order valence-corrected chi connectivity index (χ2v) is 5.78. The Morgan fingerprint density at radius 2 is 2.24 bits per heavy atom. The average molecular weight is 257 g/mol. The Hall–Kier alpha value is -0.590. The van der Waals surface area contributed by atoms with Gasteiger partial charge in [-0.3, -0.25) is 0 Å². The molecular formula is C11H19N3O2S. The number of nitrogens with zero attached hydrogens (tertiary/aromatic N) is 2. The van der Waals surface area contributed by atoms with Crippen molar-refractivity contribution in [2.45, 2.75) is 31.4 Å². The second-order valence-electron chi connectivity index (χ2n) is 4.71. The summed E-state index contributed by atoms with van der Waals surface area (Å²) in [6, 6.07) is 0.416. The molecule has 1 N–H and O–H groups in total. The highest BCUT2D eigenvalue weighted by Gasteiger charge is 2.34. The predicted octanol–water partition coefficient (Wildman–Crippen LogP) is 1.37. The van der Waals surface area contributed by atoms with Crippen LogP contribution in [-0.2, 0) is 10.3 Å². The van der Waals surface area contributed by atoms with Gasteiger partial charge in [0, 0.05) is 24.7 Å². The molecule has 1 fully saturated rings. The molecule has 0 amide bonds. The average Bonchev–Trinajstić information content (AvgIpc) is 2.96. The molecule has 0 aromatic carbocycles. The van der Waals surface area contributed by atoms with Gasteiger partial charge >= 0.3 is 0 Å². The van der Waals surface area contributed by atoms with Crippen LogP contribution in [0.3, 0.4) is 0 Å². The minimum atomic E-state index is -0.497. The third kappa shape index (κ3) is 2.48. The normalized spacial score (nSPS) is 25.4. The van der Waals surface area contributed by atoms with Gasteiger partial charge in [0.05, 0.1) is 5.92 Å². The first-order valence-corrected chi connectivity index (χ1v) is 6.88. The summed E-state index contributed by atoms with van der Waals surface area (Å²) in [5, 5.41) is 7.32. The molecule has 0 saturated carbocycles. The van der Waals surface area contributed by atoms with E-state index in [4.69, 9.17) is 9.26 Å². The van der Waals surface area contributed by atoms with Gasteiger partial charge in [0.2, 0.25) is 11.7 Å². The summed E-state index contributed by atoms with van der Waals surface area (Å²) in [5.41, 5.74) is -0.497. The lowest BCUT2D eigenvalue weighted by Gasteiger charge is -2.17. The molecule has 96 valence electrons. The van der Waals surface area contributed by atoms with Gasteiger partial charge in [-0.1, -0.05) is 5.16 Å². The van der Waals surface area contributed by atoms with Crippen molar-refractivity contribution in [2.75, 3.05) is 25.7 Å². The number of methoxy groups -OCH3 is 1. The lowest BCUT2D eigenvalue weighted by atomic mass is 10.0. The Balaban J connectivity index is 2.18. The zero-order valence-electron chi connectivity index (χ0n) is 10.7. The van der Waals surface area contributed by atoms with Crippen molar-refractivity contribution in [3.8, 4) is 0 Å². The van der Waals surface area contributed by atoms with Crippen LogP contribution in [0.1, 0.15) is 31.5 Å². The van der Waals surface area contributed by atoms with E-state index in [9.17, 15) is 0 Å². The largest absolute Gasteiger partial charge is 0.371 e. The maximum atomic E-state index is 5.37.